The molecule has 10 atom stereocenters. The first-order valence-electron chi connectivity index (χ1n) is 17.5. The molecule has 0 unspecified atom stereocenters. The first-order valence-corrected chi connectivity index (χ1v) is 17.5. The van der Waals surface area contributed by atoms with Crippen LogP contribution in [0.3, 0.4) is 0 Å². The number of hydrogen-bond donors (Lipinski definition) is 6. The van der Waals surface area contributed by atoms with Gasteiger partial charge in [-0.1, -0.05) is 39.0 Å². The Morgan fingerprint density at radius 2 is 1.83 bits per heavy atom. The molecule has 2 saturated heterocycles. The molecule has 3 aliphatic heterocycles. The van der Waals surface area contributed by atoms with E-state index >= 15 is 0 Å². The van der Waals surface area contributed by atoms with E-state index in [1.165, 1.54) is 7.11 Å². The van der Waals surface area contributed by atoms with Crippen molar-refractivity contribution < 1.29 is 57.8 Å². The molecule has 3 amide bonds. The fraction of sp³-hybridized carbons (Fsp3) is 0.697. The number of carbonyl (C=O) groups is 4. The predicted molar refractivity (Wildman–Crippen MR) is 178 cm³/mol. The van der Waals surface area contributed by atoms with Crippen molar-refractivity contribution in [3.63, 3.8) is 0 Å². The van der Waals surface area contributed by atoms with E-state index in [0.717, 1.165) is 55.0 Å². The maximum atomic E-state index is 13.1. The number of aromatic nitrogens is 2. The maximum Gasteiger partial charge on any atom is 0.508 e. The smallest absolute Gasteiger partial charge is 0.456 e. The van der Waals surface area contributed by atoms with Crippen molar-refractivity contribution in [1.29, 1.82) is 0 Å². The van der Waals surface area contributed by atoms with Crippen molar-refractivity contribution in [1.82, 2.24) is 20.2 Å². The second-order valence-electron chi connectivity index (χ2n) is 13.0. The van der Waals surface area contributed by atoms with Crippen molar-refractivity contribution in [3.05, 3.63) is 44.9 Å². The monoisotopic (exact) mass is 739 g/mol. The van der Waals surface area contributed by atoms with Gasteiger partial charge in [0, 0.05) is 25.4 Å². The minimum Gasteiger partial charge on any atom is -0.456 e. The lowest BCUT2D eigenvalue weighted by Gasteiger charge is -2.35. The van der Waals surface area contributed by atoms with Crippen molar-refractivity contribution in [3.8, 4) is 0 Å². The normalized spacial score (nSPS) is 29.5. The fourth-order valence-corrected chi connectivity index (χ4v) is 6.22. The van der Waals surface area contributed by atoms with Gasteiger partial charge in [-0.25, -0.2) is 9.59 Å². The van der Waals surface area contributed by atoms with Gasteiger partial charge in [-0.05, 0) is 38.7 Å². The average molecular weight is 740 g/mol. The number of ether oxygens (including phenoxy) is 6. The number of rotatable bonds is 16. The van der Waals surface area contributed by atoms with Gasteiger partial charge in [0.1, 0.15) is 30.5 Å². The number of methoxy groups -OCH3 is 1. The molecule has 0 aliphatic carbocycles. The summed E-state index contributed by atoms with van der Waals surface area (Å²) in [6.07, 6.45) is -5.17. The Kier molecular flexibility index (Phi) is 14.8. The summed E-state index contributed by atoms with van der Waals surface area (Å²) in [5.41, 5.74) is 4.03. The van der Waals surface area contributed by atoms with E-state index in [-0.39, 0.29) is 12.6 Å². The van der Waals surface area contributed by atoms with E-state index in [0.29, 0.717) is 25.7 Å². The number of aliphatic hydroxyl groups is 2. The highest BCUT2D eigenvalue weighted by molar-refractivity contribution is 5.95. The molecule has 19 nitrogen and oxygen atoms in total. The quantitative estimate of drug-likeness (QED) is 0.0908. The SMILES string of the molecule is CCCCCCCCOC(=O)O[C@@H]1[C@H](OC)[C@@H]([C@@H](O[C@H]2OC(C(=O)N[C@H]3CCC[C@H](C)NC3=O)=C[C@H](O)[C@@H]2O)C(N)=O)O[C@H]1n1ccc(=O)[nH]c1=O. The summed E-state index contributed by atoms with van der Waals surface area (Å²) < 4.78 is 34.6. The number of H-pyrrole nitrogens is 1. The van der Waals surface area contributed by atoms with Crippen LogP contribution in [0.25, 0.3) is 0 Å². The molecule has 1 aromatic rings. The molecular weight excluding hydrogens is 690 g/mol. The zero-order chi connectivity index (χ0) is 37.9. The third-order valence-electron chi connectivity index (χ3n) is 8.99. The van der Waals surface area contributed by atoms with Crippen LogP contribution in [-0.4, -0.2) is 112 Å². The van der Waals surface area contributed by atoms with E-state index in [2.05, 4.69) is 22.5 Å². The third kappa shape index (κ3) is 10.4. The first kappa shape index (κ1) is 40.5. The van der Waals surface area contributed by atoms with E-state index in [1.807, 2.05) is 6.92 Å². The Labute approximate surface area is 299 Å². The van der Waals surface area contributed by atoms with Crippen LogP contribution < -0.4 is 27.6 Å². The van der Waals surface area contributed by atoms with E-state index < -0.39 is 96.1 Å². The molecule has 3 aliphatic rings. The molecule has 0 bridgehead atoms. The first-order chi connectivity index (χ1) is 24.8. The average Bonchev–Trinajstić information content (AvgIpc) is 3.35. The van der Waals surface area contributed by atoms with Gasteiger partial charge in [-0.3, -0.25) is 28.7 Å². The highest BCUT2D eigenvalue weighted by Gasteiger charge is 2.55. The lowest BCUT2D eigenvalue weighted by molar-refractivity contribution is -0.241. The molecule has 0 saturated carbocycles. The lowest BCUT2D eigenvalue weighted by Crippen LogP contribution is -2.54. The van der Waals surface area contributed by atoms with Crippen molar-refractivity contribution >= 4 is 23.9 Å². The van der Waals surface area contributed by atoms with Crippen LogP contribution in [0.1, 0.15) is 77.9 Å². The number of aliphatic hydroxyl groups excluding tert-OH is 2. The van der Waals surface area contributed by atoms with Crippen LogP contribution in [0.5, 0.6) is 0 Å². The molecule has 0 radical (unpaired) electrons. The summed E-state index contributed by atoms with van der Waals surface area (Å²) in [5.74, 6) is -3.01. The van der Waals surface area contributed by atoms with Crippen LogP contribution in [-0.2, 0) is 42.8 Å². The largest absolute Gasteiger partial charge is 0.508 e. The summed E-state index contributed by atoms with van der Waals surface area (Å²) in [4.78, 5) is 78.2. The van der Waals surface area contributed by atoms with Crippen molar-refractivity contribution in [2.24, 2.45) is 5.73 Å². The number of hydrogen-bond acceptors (Lipinski definition) is 14. The van der Waals surface area contributed by atoms with Gasteiger partial charge >= 0.3 is 11.8 Å². The van der Waals surface area contributed by atoms with Crippen LogP contribution in [0.2, 0.25) is 0 Å². The topological polar surface area (TPSA) is 269 Å². The number of nitrogens with one attached hydrogen (secondary N) is 3. The third-order valence-corrected chi connectivity index (χ3v) is 8.99. The zero-order valence-electron chi connectivity index (χ0n) is 29.4. The van der Waals surface area contributed by atoms with Crippen molar-refractivity contribution in [2.45, 2.75) is 133 Å². The van der Waals surface area contributed by atoms with Gasteiger partial charge in [0.2, 0.25) is 18.1 Å². The summed E-state index contributed by atoms with van der Waals surface area (Å²) in [6, 6.07) is 0.0273. The van der Waals surface area contributed by atoms with Gasteiger partial charge in [-0.15, -0.1) is 0 Å². The maximum absolute atomic E-state index is 13.1. The Morgan fingerprint density at radius 1 is 1.10 bits per heavy atom. The summed E-state index contributed by atoms with van der Waals surface area (Å²) in [7, 11) is 1.19. The minimum atomic E-state index is -1.90. The molecule has 290 valence electrons. The molecule has 2 fully saturated rings. The molecule has 19 heteroatoms. The number of unbranched alkanes of at least 4 members (excludes halogenated alkanes) is 5. The second kappa shape index (κ2) is 19.0. The standard InChI is InChI=1S/C33H49N5O14/c1-4-5-6-7-8-9-15-48-33(46)52-26-23(47-3)24(50-30(26)38-14-13-21(40)37-32(38)45)25(27(34)42)51-31-22(41)19(39)16-20(49-31)29(44)36-18-12-10-11-17(2)35-28(18)43/h13-14,16-19,22-26,30-31,39,41H,4-12,15H2,1-3H3,(H2,34,42)(H,35,43)(H,36,44)(H,37,40,45)/t17-,18-,19-,22-,23+,24-,25+,26+,30+,31+/m0/s1. The predicted octanol–water partition coefficient (Wildman–Crippen LogP) is -0.663. The number of aromatic amines is 1. The summed E-state index contributed by atoms with van der Waals surface area (Å²) in [5, 5.41) is 26.7. The Hall–Kier alpha value is -4.30. The lowest BCUT2D eigenvalue weighted by atomic mass is 10.0. The second-order valence-corrected chi connectivity index (χ2v) is 13.0. The summed E-state index contributed by atoms with van der Waals surface area (Å²) in [6.45, 7) is 3.98. The Morgan fingerprint density at radius 3 is 2.52 bits per heavy atom. The van der Waals surface area contributed by atoms with Crippen LogP contribution in [0.4, 0.5) is 4.79 Å². The molecule has 0 aromatic carbocycles. The van der Waals surface area contributed by atoms with E-state index in [4.69, 9.17) is 34.2 Å². The molecule has 4 heterocycles. The Balaban J connectivity index is 1.52. The zero-order valence-corrected chi connectivity index (χ0v) is 29.4. The minimum absolute atomic E-state index is 0.0448. The molecule has 4 rings (SSSR count). The van der Waals surface area contributed by atoms with E-state index in [1.54, 1.807) is 0 Å². The molecule has 0 spiro atoms. The van der Waals surface area contributed by atoms with Gasteiger partial charge in [-0.2, -0.15) is 0 Å². The van der Waals surface area contributed by atoms with Gasteiger partial charge in [0.25, 0.3) is 11.5 Å². The number of carbonyl (C=O) groups excluding carboxylic acids is 4. The molecule has 1 aromatic heterocycles. The van der Waals surface area contributed by atoms with Gasteiger partial charge in [0.15, 0.2) is 24.2 Å². The molecule has 7 N–H and O–H groups in total. The van der Waals surface area contributed by atoms with Gasteiger partial charge < -0.3 is 55.0 Å². The Bertz CT molecular complexity index is 1550. The summed E-state index contributed by atoms with van der Waals surface area (Å²) >= 11 is 0. The highest BCUT2D eigenvalue weighted by Crippen LogP contribution is 2.36. The highest BCUT2D eigenvalue weighted by atomic mass is 16.8. The number of amides is 3. The van der Waals surface area contributed by atoms with Gasteiger partial charge in [0.05, 0.1) is 6.61 Å². The number of nitrogens with two attached hydrogens (primary N) is 1. The van der Waals surface area contributed by atoms with Crippen LogP contribution in [0.15, 0.2) is 33.7 Å². The molecular formula is C33H49N5O14. The number of primary amides is 1. The van der Waals surface area contributed by atoms with E-state index in [9.17, 15) is 39.0 Å². The van der Waals surface area contributed by atoms with Crippen molar-refractivity contribution in [2.75, 3.05) is 13.7 Å². The van der Waals surface area contributed by atoms with Crippen LogP contribution in [0, 0.1) is 0 Å². The van der Waals surface area contributed by atoms with Crippen LogP contribution >= 0.6 is 0 Å². The number of nitrogens with zero attached hydrogens (tertiary/aromatic N) is 1. The molecule has 52 heavy (non-hydrogen) atoms. The fourth-order valence-electron chi connectivity index (χ4n) is 6.22.